The van der Waals surface area contributed by atoms with Gasteiger partial charge >= 0.3 is 0 Å². The predicted octanol–water partition coefficient (Wildman–Crippen LogP) is 2.42. The van der Waals surface area contributed by atoms with Gasteiger partial charge in [-0.25, -0.2) is 9.67 Å². The largest absolute Gasteiger partial charge is 0.481 e. The molecular weight excluding hydrogens is 382 g/mol. The first-order valence-electron chi connectivity index (χ1n) is 9.84. The Labute approximate surface area is 174 Å². The fourth-order valence-corrected chi connectivity index (χ4v) is 3.73. The van der Waals surface area contributed by atoms with Crippen molar-refractivity contribution in [2.45, 2.75) is 25.3 Å². The molecule has 2 amide bonds. The predicted molar refractivity (Wildman–Crippen MR) is 111 cm³/mol. The molecule has 8 heteroatoms. The number of carbonyl (C=O) groups is 2. The van der Waals surface area contributed by atoms with E-state index in [0.29, 0.717) is 24.5 Å². The lowest BCUT2D eigenvalue weighted by molar-refractivity contribution is -0.123. The van der Waals surface area contributed by atoms with Crippen molar-refractivity contribution in [3.63, 3.8) is 0 Å². The molecule has 30 heavy (non-hydrogen) atoms. The summed E-state index contributed by atoms with van der Waals surface area (Å²) >= 11 is 0. The Morgan fingerprint density at radius 1 is 1.13 bits per heavy atom. The minimum Gasteiger partial charge on any atom is -0.481 e. The number of amides is 2. The van der Waals surface area contributed by atoms with Crippen LogP contribution in [0.5, 0.6) is 5.88 Å². The van der Waals surface area contributed by atoms with Crippen molar-refractivity contribution in [3.05, 3.63) is 60.4 Å². The van der Waals surface area contributed by atoms with E-state index >= 15 is 0 Å². The van der Waals surface area contributed by atoms with Gasteiger partial charge in [-0.3, -0.25) is 9.59 Å². The van der Waals surface area contributed by atoms with Crippen LogP contribution in [-0.4, -0.2) is 51.2 Å². The molecule has 0 aliphatic carbocycles. The third-order valence-electron chi connectivity index (χ3n) is 5.26. The lowest BCUT2D eigenvalue weighted by Crippen LogP contribution is -2.50. The quantitative estimate of drug-likeness (QED) is 0.702. The van der Waals surface area contributed by atoms with Crippen LogP contribution in [-0.2, 0) is 4.79 Å². The monoisotopic (exact) mass is 405 g/mol. The van der Waals surface area contributed by atoms with E-state index in [1.165, 1.54) is 0 Å². The van der Waals surface area contributed by atoms with Gasteiger partial charge in [-0.05, 0) is 31.4 Å². The van der Waals surface area contributed by atoms with Crippen LogP contribution in [0, 0.1) is 0 Å². The van der Waals surface area contributed by atoms with E-state index in [9.17, 15) is 9.59 Å². The maximum Gasteiger partial charge on any atom is 0.275 e. The maximum absolute atomic E-state index is 13.2. The molecule has 0 bridgehead atoms. The zero-order valence-electron chi connectivity index (χ0n) is 16.7. The molecule has 2 aromatic heterocycles. The van der Waals surface area contributed by atoms with Crippen molar-refractivity contribution in [3.8, 4) is 22.8 Å². The van der Waals surface area contributed by atoms with E-state index in [2.05, 4.69) is 10.1 Å². The highest BCUT2D eigenvalue weighted by Crippen LogP contribution is 2.26. The summed E-state index contributed by atoms with van der Waals surface area (Å²) in [7, 11) is 1.55. The molecule has 1 atom stereocenters. The highest BCUT2D eigenvalue weighted by Gasteiger charge is 2.33. The summed E-state index contributed by atoms with van der Waals surface area (Å²) in [5, 5.41) is 4.57. The fraction of sp³-hybridized carbons (Fsp3) is 0.273. The molecule has 1 unspecified atom stereocenters. The van der Waals surface area contributed by atoms with E-state index in [0.717, 1.165) is 24.1 Å². The summed E-state index contributed by atoms with van der Waals surface area (Å²) < 4.78 is 6.81. The molecule has 1 aliphatic rings. The summed E-state index contributed by atoms with van der Waals surface area (Å²) in [4.78, 5) is 30.9. The number of carbonyl (C=O) groups excluding carboxylic acids is 2. The molecule has 3 heterocycles. The third kappa shape index (κ3) is 3.76. The minimum atomic E-state index is -0.598. The molecule has 2 N–H and O–H groups in total. The normalized spacial score (nSPS) is 16.3. The van der Waals surface area contributed by atoms with E-state index < -0.39 is 11.9 Å². The molecule has 154 valence electrons. The number of aromatic nitrogens is 3. The second-order valence-corrected chi connectivity index (χ2v) is 7.16. The summed E-state index contributed by atoms with van der Waals surface area (Å²) in [6.07, 6.45) is 3.93. The van der Waals surface area contributed by atoms with Gasteiger partial charge in [0.2, 0.25) is 11.8 Å². The Morgan fingerprint density at radius 3 is 2.60 bits per heavy atom. The topological polar surface area (TPSA) is 103 Å². The van der Waals surface area contributed by atoms with Crippen LogP contribution >= 0.6 is 0 Å². The number of hydrogen-bond acceptors (Lipinski definition) is 5. The van der Waals surface area contributed by atoms with Crippen LogP contribution in [0.4, 0.5) is 0 Å². The van der Waals surface area contributed by atoms with Crippen LogP contribution in [0.2, 0.25) is 0 Å². The lowest BCUT2D eigenvalue weighted by atomic mass is 10.0. The SMILES string of the molecule is COc1ccc(-n2nc(C(=O)N3CCCCC3C(N)=O)cc2-c2ccccc2)cn1. The van der Waals surface area contributed by atoms with E-state index in [1.54, 1.807) is 35.0 Å². The molecule has 1 aromatic carbocycles. The first-order valence-corrected chi connectivity index (χ1v) is 9.84. The van der Waals surface area contributed by atoms with Crippen LogP contribution in [0.25, 0.3) is 16.9 Å². The lowest BCUT2D eigenvalue weighted by Gasteiger charge is -2.33. The Hall–Kier alpha value is -3.68. The summed E-state index contributed by atoms with van der Waals surface area (Å²) in [6.45, 7) is 0.490. The van der Waals surface area contributed by atoms with Gasteiger partial charge < -0.3 is 15.4 Å². The number of methoxy groups -OCH3 is 1. The number of primary amides is 1. The van der Waals surface area contributed by atoms with Crippen molar-refractivity contribution < 1.29 is 14.3 Å². The van der Waals surface area contributed by atoms with E-state index in [1.807, 2.05) is 36.4 Å². The first kappa shape index (κ1) is 19.6. The molecule has 1 aliphatic heterocycles. The van der Waals surface area contributed by atoms with Gasteiger partial charge in [0.05, 0.1) is 24.7 Å². The number of piperidine rings is 1. The average Bonchev–Trinajstić information content (AvgIpc) is 3.24. The number of nitrogens with two attached hydrogens (primary N) is 1. The van der Waals surface area contributed by atoms with Gasteiger partial charge in [0.1, 0.15) is 6.04 Å². The van der Waals surface area contributed by atoms with Gasteiger partial charge in [-0.2, -0.15) is 5.10 Å². The van der Waals surface area contributed by atoms with E-state index in [-0.39, 0.29) is 11.6 Å². The number of rotatable bonds is 5. The smallest absolute Gasteiger partial charge is 0.275 e. The zero-order chi connectivity index (χ0) is 21.1. The summed E-state index contributed by atoms with van der Waals surface area (Å²) in [5.41, 5.74) is 8.15. The van der Waals surface area contributed by atoms with Crippen molar-refractivity contribution in [1.82, 2.24) is 19.7 Å². The molecule has 0 spiro atoms. The second kappa shape index (κ2) is 8.36. The van der Waals surface area contributed by atoms with Gasteiger partial charge in [-0.1, -0.05) is 30.3 Å². The number of nitrogens with zero attached hydrogens (tertiary/aromatic N) is 4. The van der Waals surface area contributed by atoms with Crippen LogP contribution in [0.15, 0.2) is 54.7 Å². The molecule has 0 saturated carbocycles. The first-order chi connectivity index (χ1) is 14.6. The number of likely N-dealkylation sites (tertiary alicyclic amines) is 1. The van der Waals surface area contributed by atoms with Gasteiger partial charge in [-0.15, -0.1) is 0 Å². The molecule has 3 aromatic rings. The van der Waals surface area contributed by atoms with Crippen LogP contribution < -0.4 is 10.5 Å². The molecule has 8 nitrogen and oxygen atoms in total. The standard InChI is InChI=1S/C22H23N5O3/c1-30-20-11-10-16(14-24-20)27-19(15-7-3-2-4-8-15)13-17(25-27)22(29)26-12-6-5-9-18(26)21(23)28/h2-4,7-8,10-11,13-14,18H,5-6,9,12H2,1H3,(H2,23,28). The minimum absolute atomic E-state index is 0.262. The highest BCUT2D eigenvalue weighted by atomic mass is 16.5. The Bertz CT molecular complexity index is 1050. The van der Waals surface area contributed by atoms with Crippen LogP contribution in [0.3, 0.4) is 0 Å². The zero-order valence-corrected chi connectivity index (χ0v) is 16.7. The molecule has 1 saturated heterocycles. The molecule has 1 fully saturated rings. The number of hydrogen-bond donors (Lipinski definition) is 1. The van der Waals surface area contributed by atoms with Crippen LogP contribution in [0.1, 0.15) is 29.8 Å². The summed E-state index contributed by atoms with van der Waals surface area (Å²) in [6, 6.07) is 14.4. The fourth-order valence-electron chi connectivity index (χ4n) is 3.73. The van der Waals surface area contributed by atoms with Gasteiger partial charge in [0, 0.05) is 18.2 Å². The molecule has 4 rings (SSSR count). The number of pyridine rings is 1. The second-order valence-electron chi connectivity index (χ2n) is 7.16. The Kier molecular flexibility index (Phi) is 5.47. The highest BCUT2D eigenvalue weighted by molar-refractivity contribution is 5.97. The third-order valence-corrected chi connectivity index (χ3v) is 5.26. The molecular formula is C22H23N5O3. The number of ether oxygens (including phenoxy) is 1. The van der Waals surface area contributed by atoms with E-state index in [4.69, 9.17) is 10.5 Å². The Morgan fingerprint density at radius 2 is 1.93 bits per heavy atom. The maximum atomic E-state index is 13.2. The average molecular weight is 405 g/mol. The number of benzene rings is 1. The van der Waals surface area contributed by atoms with Crippen molar-refractivity contribution >= 4 is 11.8 Å². The molecule has 0 radical (unpaired) electrons. The Balaban J connectivity index is 1.76. The van der Waals surface area contributed by atoms with Gasteiger partial charge in [0.15, 0.2) is 5.69 Å². The van der Waals surface area contributed by atoms with Crippen molar-refractivity contribution in [2.75, 3.05) is 13.7 Å². The van der Waals surface area contributed by atoms with Crippen molar-refractivity contribution in [2.24, 2.45) is 5.73 Å². The summed E-state index contributed by atoms with van der Waals surface area (Å²) in [5.74, 6) is -0.290. The van der Waals surface area contributed by atoms with Gasteiger partial charge in [0.25, 0.3) is 5.91 Å². The van der Waals surface area contributed by atoms with Crippen molar-refractivity contribution in [1.29, 1.82) is 0 Å².